The van der Waals surface area contributed by atoms with Gasteiger partial charge in [0, 0.05) is 5.56 Å². The Labute approximate surface area is 156 Å². The minimum absolute atomic E-state index is 0.299. The molecule has 3 rings (SSSR count). The first-order valence-electron chi connectivity index (χ1n) is 7.82. The quantitative estimate of drug-likeness (QED) is 0.433. The molecule has 0 aromatic heterocycles. The van der Waals surface area contributed by atoms with Crippen molar-refractivity contribution in [1.29, 1.82) is 0 Å². The van der Waals surface area contributed by atoms with E-state index >= 15 is 0 Å². The average molecular weight is 370 g/mol. The summed E-state index contributed by atoms with van der Waals surface area (Å²) in [5.74, 6) is 0.351. The molecule has 1 aliphatic heterocycles. The summed E-state index contributed by atoms with van der Waals surface area (Å²) in [5, 5.41) is 4.25. The Morgan fingerprint density at radius 1 is 1.27 bits per heavy atom. The van der Waals surface area contributed by atoms with E-state index < -0.39 is 5.97 Å². The van der Waals surface area contributed by atoms with E-state index in [0.717, 1.165) is 5.56 Å². The van der Waals surface area contributed by atoms with Crippen LogP contribution in [0.4, 0.5) is 0 Å². The zero-order valence-electron chi connectivity index (χ0n) is 14.1. The minimum atomic E-state index is -0.522. The molecule has 0 saturated carbocycles. The predicted octanol–water partition coefficient (Wildman–Crippen LogP) is 4.26. The van der Waals surface area contributed by atoms with Gasteiger partial charge in [-0.1, -0.05) is 59.7 Å². The molecule has 0 fully saturated rings. The molecule has 0 radical (unpaired) electrons. The van der Waals surface area contributed by atoms with Crippen LogP contribution in [0.1, 0.15) is 11.1 Å². The second kappa shape index (κ2) is 7.89. The SMILES string of the molecule is C=CCOc1c(Cl)cc(/C=C2\C(=O)ON=C2c2ccccc2)cc1OC. The van der Waals surface area contributed by atoms with E-state index in [4.69, 9.17) is 25.9 Å². The molecule has 0 spiro atoms. The smallest absolute Gasteiger partial charge is 0.368 e. The number of halogens is 1. The Balaban J connectivity index is 2.00. The molecule has 132 valence electrons. The lowest BCUT2D eigenvalue weighted by Crippen LogP contribution is -2.06. The number of benzene rings is 2. The number of methoxy groups -OCH3 is 1. The monoisotopic (exact) mass is 369 g/mol. The Hall–Kier alpha value is -3.05. The van der Waals surface area contributed by atoms with Gasteiger partial charge in [-0.05, 0) is 23.8 Å². The van der Waals surface area contributed by atoms with Gasteiger partial charge in [0.15, 0.2) is 11.5 Å². The van der Waals surface area contributed by atoms with Gasteiger partial charge in [0.1, 0.15) is 12.3 Å². The summed E-state index contributed by atoms with van der Waals surface area (Å²) >= 11 is 6.31. The molecule has 0 aliphatic carbocycles. The highest BCUT2D eigenvalue weighted by atomic mass is 35.5. The third-order valence-corrected chi connectivity index (χ3v) is 3.93. The highest BCUT2D eigenvalue weighted by Gasteiger charge is 2.27. The van der Waals surface area contributed by atoms with Crippen molar-refractivity contribution in [2.45, 2.75) is 0 Å². The van der Waals surface area contributed by atoms with Gasteiger partial charge in [-0.2, -0.15) is 0 Å². The van der Waals surface area contributed by atoms with Gasteiger partial charge in [0.25, 0.3) is 0 Å². The van der Waals surface area contributed by atoms with E-state index in [2.05, 4.69) is 11.7 Å². The van der Waals surface area contributed by atoms with E-state index in [1.807, 2.05) is 30.3 Å². The van der Waals surface area contributed by atoms with Crippen LogP contribution in [0.3, 0.4) is 0 Å². The van der Waals surface area contributed by atoms with Gasteiger partial charge in [0.2, 0.25) is 0 Å². The van der Waals surface area contributed by atoms with E-state index in [9.17, 15) is 4.79 Å². The van der Waals surface area contributed by atoms with Crippen molar-refractivity contribution in [2.24, 2.45) is 5.16 Å². The Kier molecular flexibility index (Phi) is 5.39. The molecule has 0 saturated heterocycles. The van der Waals surface area contributed by atoms with Gasteiger partial charge in [-0.3, -0.25) is 0 Å². The molecule has 6 heteroatoms. The van der Waals surface area contributed by atoms with Crippen molar-refractivity contribution in [3.05, 3.63) is 76.8 Å². The van der Waals surface area contributed by atoms with Crippen molar-refractivity contribution >= 4 is 29.4 Å². The van der Waals surface area contributed by atoms with Crippen LogP contribution >= 0.6 is 11.6 Å². The molecule has 0 amide bonds. The first kappa shape index (κ1) is 17.8. The van der Waals surface area contributed by atoms with Gasteiger partial charge in [-0.25, -0.2) is 4.79 Å². The summed E-state index contributed by atoms with van der Waals surface area (Å²) in [7, 11) is 1.52. The fourth-order valence-corrected chi connectivity index (χ4v) is 2.76. The van der Waals surface area contributed by atoms with E-state index in [-0.39, 0.29) is 0 Å². The molecular formula is C20H16ClNO4. The predicted molar refractivity (Wildman–Crippen MR) is 101 cm³/mol. The average Bonchev–Trinajstić information content (AvgIpc) is 3.01. The van der Waals surface area contributed by atoms with Crippen molar-refractivity contribution in [3.8, 4) is 11.5 Å². The summed E-state index contributed by atoms with van der Waals surface area (Å²) in [6, 6.07) is 12.7. The van der Waals surface area contributed by atoms with E-state index in [1.165, 1.54) is 7.11 Å². The first-order chi connectivity index (χ1) is 12.6. The maximum Gasteiger partial charge on any atom is 0.368 e. The normalized spacial score (nSPS) is 14.8. The molecule has 0 N–H and O–H groups in total. The molecule has 0 bridgehead atoms. The summed E-state index contributed by atoms with van der Waals surface area (Å²) < 4.78 is 10.9. The fraction of sp³-hybridized carbons (Fsp3) is 0.100. The molecule has 1 aliphatic rings. The highest BCUT2D eigenvalue weighted by Crippen LogP contribution is 2.37. The lowest BCUT2D eigenvalue weighted by atomic mass is 10.0. The molecule has 2 aromatic rings. The summed E-state index contributed by atoms with van der Waals surface area (Å²) in [5.41, 5.74) is 2.26. The molecule has 1 heterocycles. The second-order valence-corrected chi connectivity index (χ2v) is 5.78. The summed E-state index contributed by atoms with van der Waals surface area (Å²) in [6.07, 6.45) is 3.27. The molecule has 0 unspecified atom stereocenters. The van der Waals surface area contributed by atoms with Crippen LogP contribution in [-0.4, -0.2) is 25.4 Å². The maximum atomic E-state index is 12.1. The first-order valence-corrected chi connectivity index (χ1v) is 8.20. The standard InChI is InChI=1S/C20H16ClNO4/c1-3-9-25-19-16(21)11-13(12-17(19)24-2)10-15-18(22-26-20(15)23)14-7-5-4-6-8-14/h3-8,10-12H,1,9H2,2H3/b15-10-. The number of ether oxygens (including phenoxy) is 2. The largest absolute Gasteiger partial charge is 0.493 e. The molecule has 2 aromatic carbocycles. The third-order valence-electron chi connectivity index (χ3n) is 3.65. The Morgan fingerprint density at radius 2 is 2.04 bits per heavy atom. The zero-order chi connectivity index (χ0) is 18.5. The number of carbonyl (C=O) groups is 1. The van der Waals surface area contributed by atoms with Crippen molar-refractivity contribution in [1.82, 2.24) is 0 Å². The number of hydrogen-bond donors (Lipinski definition) is 0. The van der Waals surface area contributed by atoms with Crippen LogP contribution < -0.4 is 9.47 Å². The summed E-state index contributed by atoms with van der Waals surface area (Å²) in [6.45, 7) is 3.91. The second-order valence-electron chi connectivity index (χ2n) is 5.38. The van der Waals surface area contributed by atoms with E-state index in [0.29, 0.717) is 40.0 Å². The van der Waals surface area contributed by atoms with Crippen LogP contribution in [0.2, 0.25) is 5.02 Å². The number of nitrogens with zero attached hydrogens (tertiary/aromatic N) is 1. The molecule has 26 heavy (non-hydrogen) atoms. The van der Waals surface area contributed by atoms with Gasteiger partial charge in [-0.15, -0.1) is 0 Å². The van der Waals surface area contributed by atoms with Crippen molar-refractivity contribution in [3.63, 3.8) is 0 Å². The van der Waals surface area contributed by atoms with E-state index in [1.54, 1.807) is 24.3 Å². The van der Waals surface area contributed by atoms with Crippen molar-refractivity contribution in [2.75, 3.05) is 13.7 Å². The molecule has 0 atom stereocenters. The van der Waals surface area contributed by atoms with Crippen molar-refractivity contribution < 1.29 is 19.1 Å². The maximum absolute atomic E-state index is 12.1. The number of oxime groups is 1. The highest BCUT2D eigenvalue weighted by molar-refractivity contribution is 6.33. The van der Waals surface area contributed by atoms with Gasteiger partial charge < -0.3 is 14.3 Å². The third kappa shape index (κ3) is 3.63. The van der Waals surface area contributed by atoms with Crippen LogP contribution in [0.15, 0.2) is 65.8 Å². The Bertz CT molecular complexity index is 904. The van der Waals surface area contributed by atoms with Gasteiger partial charge in [0.05, 0.1) is 17.7 Å². The lowest BCUT2D eigenvalue weighted by Gasteiger charge is -2.12. The fourth-order valence-electron chi connectivity index (χ4n) is 2.49. The molecular weight excluding hydrogens is 354 g/mol. The van der Waals surface area contributed by atoms with Gasteiger partial charge >= 0.3 is 5.97 Å². The summed E-state index contributed by atoms with van der Waals surface area (Å²) in [4.78, 5) is 17.0. The molecule has 5 nitrogen and oxygen atoms in total. The Morgan fingerprint density at radius 3 is 2.73 bits per heavy atom. The number of rotatable bonds is 6. The van der Waals surface area contributed by atoms with Crippen LogP contribution in [0.25, 0.3) is 6.08 Å². The minimum Gasteiger partial charge on any atom is -0.493 e. The zero-order valence-corrected chi connectivity index (χ0v) is 14.8. The van der Waals surface area contributed by atoms with Crippen LogP contribution in [0.5, 0.6) is 11.5 Å². The lowest BCUT2D eigenvalue weighted by molar-refractivity contribution is -0.136. The number of carbonyl (C=O) groups excluding carboxylic acids is 1. The van der Waals surface area contributed by atoms with Crippen LogP contribution in [-0.2, 0) is 9.63 Å². The number of hydrogen-bond acceptors (Lipinski definition) is 5. The topological polar surface area (TPSA) is 57.1 Å². The van der Waals surface area contributed by atoms with Crippen LogP contribution in [0, 0.1) is 0 Å².